The third-order valence-electron chi connectivity index (χ3n) is 4.31. The molecular formula is C17H19N5O3. The summed E-state index contributed by atoms with van der Waals surface area (Å²) in [4.78, 5) is 4.43. The number of nitrogen functional groups attached to an aromatic ring is 1. The first-order valence-electron chi connectivity index (χ1n) is 8.18. The summed E-state index contributed by atoms with van der Waals surface area (Å²) in [7, 11) is 0. The quantitative estimate of drug-likeness (QED) is 0.745. The molecule has 3 heterocycles. The molecule has 25 heavy (non-hydrogen) atoms. The van der Waals surface area contributed by atoms with Gasteiger partial charge in [-0.25, -0.2) is 4.68 Å². The standard InChI is InChI=1S/C17H19N5O3/c1-10-2-4-13-11(8-10)3-5-14(24-13)17-20-16(21-25-17)12-9-19-22(6-7-23)15(12)18/h2,4,8-9,14,23H,3,5-7,18H2,1H3. The molecule has 0 fully saturated rings. The predicted molar refractivity (Wildman–Crippen MR) is 89.9 cm³/mol. The van der Waals surface area contributed by atoms with Crippen LogP contribution in [0.15, 0.2) is 28.9 Å². The van der Waals surface area contributed by atoms with Crippen molar-refractivity contribution in [1.82, 2.24) is 19.9 Å². The number of aliphatic hydroxyl groups is 1. The van der Waals surface area contributed by atoms with E-state index in [0.29, 0.717) is 29.6 Å². The Bertz CT molecular complexity index is 902. The van der Waals surface area contributed by atoms with Crippen molar-refractivity contribution in [1.29, 1.82) is 0 Å². The van der Waals surface area contributed by atoms with Gasteiger partial charge >= 0.3 is 0 Å². The number of anilines is 1. The van der Waals surface area contributed by atoms with Gasteiger partial charge in [0, 0.05) is 0 Å². The van der Waals surface area contributed by atoms with Crippen LogP contribution in [0.5, 0.6) is 5.75 Å². The third kappa shape index (κ3) is 2.85. The minimum atomic E-state index is -0.273. The van der Waals surface area contributed by atoms with Gasteiger partial charge in [0.05, 0.1) is 24.9 Å². The molecule has 3 N–H and O–H groups in total. The van der Waals surface area contributed by atoms with Crippen molar-refractivity contribution >= 4 is 5.82 Å². The van der Waals surface area contributed by atoms with Crippen LogP contribution in [-0.2, 0) is 13.0 Å². The van der Waals surface area contributed by atoms with Crippen LogP contribution in [0.4, 0.5) is 5.82 Å². The summed E-state index contributed by atoms with van der Waals surface area (Å²) >= 11 is 0. The number of nitrogens with zero attached hydrogens (tertiary/aromatic N) is 4. The summed E-state index contributed by atoms with van der Waals surface area (Å²) in [6.07, 6.45) is 2.97. The molecule has 2 aromatic heterocycles. The highest BCUT2D eigenvalue weighted by Crippen LogP contribution is 2.35. The SMILES string of the molecule is Cc1ccc2c(c1)CCC(c1nc(-c3cnn(CCO)c3N)no1)O2. The van der Waals surface area contributed by atoms with E-state index in [0.717, 1.165) is 18.6 Å². The van der Waals surface area contributed by atoms with E-state index in [1.54, 1.807) is 6.20 Å². The maximum Gasteiger partial charge on any atom is 0.268 e. The van der Waals surface area contributed by atoms with Crippen molar-refractivity contribution in [3.63, 3.8) is 0 Å². The van der Waals surface area contributed by atoms with Crippen molar-refractivity contribution in [2.24, 2.45) is 0 Å². The van der Waals surface area contributed by atoms with Gasteiger partial charge in [-0.3, -0.25) is 0 Å². The molecule has 3 aromatic rings. The number of aromatic nitrogens is 4. The Hall–Kier alpha value is -2.87. The maximum absolute atomic E-state index is 9.01. The zero-order valence-electron chi connectivity index (χ0n) is 13.8. The number of rotatable bonds is 4. The largest absolute Gasteiger partial charge is 0.480 e. The highest BCUT2D eigenvalue weighted by atomic mass is 16.5. The summed E-state index contributed by atoms with van der Waals surface area (Å²) in [5.74, 6) is 2.05. The van der Waals surface area contributed by atoms with E-state index in [-0.39, 0.29) is 12.7 Å². The molecule has 1 aromatic carbocycles. The molecule has 0 saturated carbocycles. The molecule has 1 aliphatic rings. The van der Waals surface area contributed by atoms with E-state index in [1.165, 1.54) is 15.8 Å². The lowest BCUT2D eigenvalue weighted by molar-refractivity contribution is 0.135. The number of nitrogens with two attached hydrogens (primary N) is 1. The molecule has 0 spiro atoms. The summed E-state index contributed by atoms with van der Waals surface area (Å²) in [5.41, 5.74) is 9.02. The van der Waals surface area contributed by atoms with E-state index in [1.807, 2.05) is 12.1 Å². The molecule has 4 rings (SSSR count). The Morgan fingerprint density at radius 2 is 2.28 bits per heavy atom. The van der Waals surface area contributed by atoms with Crippen LogP contribution in [0.3, 0.4) is 0 Å². The van der Waals surface area contributed by atoms with Gasteiger partial charge < -0.3 is 20.1 Å². The van der Waals surface area contributed by atoms with Crippen molar-refractivity contribution < 1.29 is 14.4 Å². The second-order valence-electron chi connectivity index (χ2n) is 6.10. The summed E-state index contributed by atoms with van der Waals surface area (Å²) in [6, 6.07) is 6.14. The molecule has 1 atom stereocenters. The van der Waals surface area contributed by atoms with Gasteiger partial charge in [-0.1, -0.05) is 22.9 Å². The Morgan fingerprint density at radius 3 is 3.12 bits per heavy atom. The Balaban J connectivity index is 1.57. The minimum Gasteiger partial charge on any atom is -0.480 e. The number of hydrogen-bond acceptors (Lipinski definition) is 7. The van der Waals surface area contributed by atoms with Crippen LogP contribution in [0, 0.1) is 6.92 Å². The van der Waals surface area contributed by atoms with Crippen molar-refractivity contribution in [3.8, 4) is 17.1 Å². The molecule has 130 valence electrons. The molecule has 0 aliphatic carbocycles. The third-order valence-corrected chi connectivity index (χ3v) is 4.31. The molecule has 1 aliphatic heterocycles. The highest BCUT2D eigenvalue weighted by molar-refractivity contribution is 5.67. The van der Waals surface area contributed by atoms with Gasteiger partial charge in [0.25, 0.3) is 5.89 Å². The van der Waals surface area contributed by atoms with Crippen molar-refractivity contribution in [3.05, 3.63) is 41.4 Å². The predicted octanol–water partition coefficient (Wildman–Crippen LogP) is 1.88. The Kier molecular flexibility index (Phi) is 3.89. The van der Waals surface area contributed by atoms with Gasteiger partial charge in [0.2, 0.25) is 5.82 Å². The van der Waals surface area contributed by atoms with Crippen molar-refractivity contribution in [2.75, 3.05) is 12.3 Å². The van der Waals surface area contributed by atoms with E-state index in [9.17, 15) is 0 Å². The Labute approximate surface area is 144 Å². The lowest BCUT2D eigenvalue weighted by Gasteiger charge is -2.23. The van der Waals surface area contributed by atoms with E-state index < -0.39 is 0 Å². The van der Waals surface area contributed by atoms with Crippen molar-refractivity contribution in [2.45, 2.75) is 32.4 Å². The maximum atomic E-state index is 9.01. The first kappa shape index (κ1) is 15.6. The van der Waals surface area contributed by atoms with E-state index >= 15 is 0 Å². The van der Waals surface area contributed by atoms with E-state index in [2.05, 4.69) is 28.2 Å². The molecular weight excluding hydrogens is 322 g/mol. The Morgan fingerprint density at radius 1 is 1.40 bits per heavy atom. The van der Waals surface area contributed by atoms with Crippen LogP contribution in [0.2, 0.25) is 0 Å². The average molecular weight is 341 g/mol. The van der Waals surface area contributed by atoms with Gasteiger partial charge in [-0.05, 0) is 31.4 Å². The summed E-state index contributed by atoms with van der Waals surface area (Å²) < 4.78 is 12.9. The van der Waals surface area contributed by atoms with Gasteiger partial charge in [-0.15, -0.1) is 0 Å². The topological polar surface area (TPSA) is 112 Å². The average Bonchev–Trinajstić information content (AvgIpc) is 3.22. The number of aryl methyl sites for hydroxylation is 2. The van der Waals surface area contributed by atoms with Crippen LogP contribution >= 0.6 is 0 Å². The molecule has 0 bridgehead atoms. The number of ether oxygens (including phenoxy) is 1. The lowest BCUT2D eigenvalue weighted by atomic mass is 10.0. The molecule has 8 nitrogen and oxygen atoms in total. The zero-order chi connectivity index (χ0) is 17.4. The molecule has 0 radical (unpaired) electrons. The first-order valence-corrected chi connectivity index (χ1v) is 8.18. The number of benzene rings is 1. The molecule has 8 heteroatoms. The lowest BCUT2D eigenvalue weighted by Crippen LogP contribution is -2.15. The molecule has 1 unspecified atom stereocenters. The van der Waals surface area contributed by atoms with Crippen LogP contribution in [0.1, 0.15) is 29.5 Å². The van der Waals surface area contributed by atoms with Crippen LogP contribution < -0.4 is 10.5 Å². The number of fused-ring (bicyclic) bond motifs is 1. The fourth-order valence-electron chi connectivity index (χ4n) is 3.01. The monoisotopic (exact) mass is 341 g/mol. The second-order valence-corrected chi connectivity index (χ2v) is 6.10. The fraction of sp³-hybridized carbons (Fsp3) is 0.353. The van der Waals surface area contributed by atoms with Crippen LogP contribution in [0.25, 0.3) is 11.4 Å². The zero-order valence-corrected chi connectivity index (χ0v) is 13.8. The van der Waals surface area contributed by atoms with E-state index in [4.69, 9.17) is 20.1 Å². The van der Waals surface area contributed by atoms with Crippen LogP contribution in [-0.4, -0.2) is 31.6 Å². The summed E-state index contributed by atoms with van der Waals surface area (Å²) in [5, 5.41) is 17.1. The van der Waals surface area contributed by atoms with Gasteiger partial charge in [-0.2, -0.15) is 10.1 Å². The second kappa shape index (κ2) is 6.21. The fourth-order valence-corrected chi connectivity index (χ4v) is 3.01. The van der Waals surface area contributed by atoms with Gasteiger partial charge in [0.1, 0.15) is 11.6 Å². The minimum absolute atomic E-state index is 0.0440. The van der Waals surface area contributed by atoms with Gasteiger partial charge in [0.15, 0.2) is 6.10 Å². The summed E-state index contributed by atoms with van der Waals surface area (Å²) in [6.45, 7) is 2.34. The normalized spacial score (nSPS) is 16.5. The first-order chi connectivity index (χ1) is 12.2. The molecule has 0 amide bonds. The smallest absolute Gasteiger partial charge is 0.268 e. The number of aliphatic hydroxyl groups excluding tert-OH is 1. The number of hydrogen-bond donors (Lipinski definition) is 2. The highest BCUT2D eigenvalue weighted by Gasteiger charge is 2.27. The molecule has 0 saturated heterocycles.